The van der Waals surface area contributed by atoms with E-state index < -0.39 is 0 Å². The highest BCUT2D eigenvalue weighted by molar-refractivity contribution is 6.53. The van der Waals surface area contributed by atoms with Gasteiger partial charge in [0, 0.05) is 11.8 Å². The third-order valence-electron chi connectivity index (χ3n) is 2.97. The van der Waals surface area contributed by atoms with Crippen molar-refractivity contribution in [2.45, 2.75) is 0 Å². The van der Waals surface area contributed by atoms with Crippen molar-refractivity contribution in [3.05, 3.63) is 71.4 Å². The van der Waals surface area contributed by atoms with Crippen molar-refractivity contribution in [3.63, 3.8) is 0 Å². The number of allylic oxidation sites excluding steroid dienone is 1. The van der Waals surface area contributed by atoms with Gasteiger partial charge in [0.25, 0.3) is 0 Å². The highest BCUT2D eigenvalue weighted by Gasteiger charge is 2.15. The van der Waals surface area contributed by atoms with Crippen LogP contribution in [0.1, 0.15) is 11.1 Å². The third kappa shape index (κ3) is 2.16. The molecule has 2 aromatic rings. The minimum atomic E-state index is 0.299. The molecule has 0 atom stereocenters. The lowest BCUT2D eigenvalue weighted by atomic mass is 9.94. The number of nitrogens with one attached hydrogen (secondary N) is 1. The Morgan fingerprint density at radius 2 is 1.75 bits per heavy atom. The van der Waals surface area contributed by atoms with Gasteiger partial charge in [0.15, 0.2) is 5.49 Å². The van der Waals surface area contributed by atoms with Gasteiger partial charge in [-0.15, -0.1) is 10.2 Å². The molecule has 1 aliphatic carbocycles. The van der Waals surface area contributed by atoms with E-state index in [1.165, 1.54) is 6.20 Å². The fourth-order valence-corrected chi connectivity index (χ4v) is 1.97. The van der Waals surface area contributed by atoms with Crippen LogP contribution in [0.15, 0.2) is 64.9 Å². The van der Waals surface area contributed by atoms with Crippen molar-refractivity contribution < 1.29 is 5.21 Å². The normalized spacial score (nSPS) is 16.5. The van der Waals surface area contributed by atoms with Crippen LogP contribution in [0.25, 0.3) is 6.08 Å². The molecule has 0 unspecified atom stereocenters. The summed E-state index contributed by atoms with van der Waals surface area (Å²) in [7, 11) is 0. The molecule has 0 amide bonds. The van der Waals surface area contributed by atoms with Crippen LogP contribution in [-0.4, -0.2) is 21.4 Å². The summed E-state index contributed by atoms with van der Waals surface area (Å²) in [6.07, 6.45) is 5.04. The van der Waals surface area contributed by atoms with Gasteiger partial charge in [0.1, 0.15) is 5.71 Å². The molecule has 1 aromatic carbocycles. The minimum Gasteiger partial charge on any atom is -0.427 e. The van der Waals surface area contributed by atoms with Gasteiger partial charge in [-0.1, -0.05) is 36.4 Å². The number of aromatic nitrogens is 1. The summed E-state index contributed by atoms with van der Waals surface area (Å²) >= 11 is 0. The Morgan fingerprint density at radius 3 is 2.60 bits per heavy atom. The van der Waals surface area contributed by atoms with Crippen molar-refractivity contribution in [2.75, 3.05) is 0 Å². The van der Waals surface area contributed by atoms with Gasteiger partial charge < -0.3 is 5.21 Å². The molecule has 5 nitrogen and oxygen atoms in total. The van der Waals surface area contributed by atoms with Crippen molar-refractivity contribution >= 4 is 17.5 Å². The average molecular weight is 264 g/mol. The van der Waals surface area contributed by atoms with Crippen LogP contribution in [0.5, 0.6) is 0 Å². The van der Waals surface area contributed by atoms with Gasteiger partial charge in [-0.3, -0.25) is 5.41 Å². The first-order valence-electron chi connectivity index (χ1n) is 6.11. The lowest BCUT2D eigenvalue weighted by molar-refractivity contribution is 0.171. The fourth-order valence-electron chi connectivity index (χ4n) is 1.97. The maximum atomic E-state index is 9.59. The Morgan fingerprint density at radius 1 is 0.950 bits per heavy atom. The van der Waals surface area contributed by atoms with E-state index >= 15 is 0 Å². The van der Waals surface area contributed by atoms with E-state index in [9.17, 15) is 5.21 Å². The summed E-state index contributed by atoms with van der Waals surface area (Å²) in [4.78, 5) is 0. The largest absolute Gasteiger partial charge is 0.427 e. The maximum absolute atomic E-state index is 9.59. The summed E-state index contributed by atoms with van der Waals surface area (Å²) in [5.41, 5.74) is 2.96. The van der Waals surface area contributed by atoms with Gasteiger partial charge in [0.05, 0.1) is 5.71 Å². The molecule has 0 saturated carbocycles. The van der Waals surface area contributed by atoms with E-state index in [-0.39, 0.29) is 0 Å². The van der Waals surface area contributed by atoms with Crippen LogP contribution in [0.2, 0.25) is 0 Å². The van der Waals surface area contributed by atoms with Crippen molar-refractivity contribution in [1.29, 1.82) is 5.41 Å². The molecule has 5 heteroatoms. The molecule has 1 aromatic heterocycles. The van der Waals surface area contributed by atoms with Gasteiger partial charge in [0.2, 0.25) is 0 Å². The summed E-state index contributed by atoms with van der Waals surface area (Å²) in [5, 5.41) is 25.7. The quantitative estimate of drug-likeness (QED) is 0.600. The molecule has 1 aliphatic rings. The first-order valence-corrected chi connectivity index (χ1v) is 6.11. The zero-order valence-corrected chi connectivity index (χ0v) is 10.6. The van der Waals surface area contributed by atoms with Crippen LogP contribution in [0, 0.1) is 5.41 Å². The average Bonchev–Trinajstić information content (AvgIpc) is 2.48. The molecular formula is C15H12N4O. The summed E-state index contributed by atoms with van der Waals surface area (Å²) < 4.78 is 0.887. The summed E-state index contributed by atoms with van der Waals surface area (Å²) in [6, 6.07) is 12.8. The molecular weight excluding hydrogens is 252 g/mol. The molecule has 0 aliphatic heterocycles. The van der Waals surface area contributed by atoms with Gasteiger partial charge in [-0.25, -0.2) is 0 Å². The second-order valence-electron chi connectivity index (χ2n) is 4.29. The second kappa shape index (κ2) is 4.97. The predicted molar refractivity (Wildman–Crippen MR) is 76.9 cm³/mol. The Hall–Kier alpha value is -2.95. The molecule has 0 radical (unpaired) electrons. The standard InChI is InChI=1S/C15H12N4O/c16-13-9-8-11-5-1-2-6-12(11)15(13)18-17-14-7-3-4-10-19(14)20/h1-10,16,20H/b16-13?,17-14-,18-15-. The number of pyridine rings is 1. The summed E-state index contributed by atoms with van der Waals surface area (Å²) in [6.45, 7) is 0. The molecule has 98 valence electrons. The molecule has 2 N–H and O–H groups in total. The monoisotopic (exact) mass is 264 g/mol. The van der Waals surface area contributed by atoms with E-state index in [4.69, 9.17) is 5.41 Å². The Balaban J connectivity index is 2.13. The first-order chi connectivity index (χ1) is 9.75. The van der Waals surface area contributed by atoms with Crippen LogP contribution < -0.4 is 5.49 Å². The lowest BCUT2D eigenvalue weighted by Gasteiger charge is -2.12. The van der Waals surface area contributed by atoms with Gasteiger partial charge in [-0.2, -0.15) is 4.73 Å². The van der Waals surface area contributed by atoms with Crippen molar-refractivity contribution in [1.82, 2.24) is 4.73 Å². The fraction of sp³-hybridized carbons (Fsp3) is 0. The predicted octanol–water partition coefficient (Wildman–Crippen LogP) is 2.08. The van der Waals surface area contributed by atoms with Gasteiger partial charge in [-0.05, 0) is 23.8 Å². The van der Waals surface area contributed by atoms with Crippen molar-refractivity contribution in [3.8, 4) is 0 Å². The highest BCUT2D eigenvalue weighted by atomic mass is 16.5. The Labute approximate surface area is 115 Å². The smallest absolute Gasteiger partial charge is 0.189 e. The number of benzene rings is 1. The SMILES string of the molecule is N=C1C=Cc2ccccc2/C1=N/N=c1/ccccn1O. The van der Waals surface area contributed by atoms with Crippen LogP contribution >= 0.6 is 0 Å². The van der Waals surface area contributed by atoms with E-state index in [1.54, 1.807) is 24.3 Å². The summed E-state index contributed by atoms with van der Waals surface area (Å²) in [5.74, 6) is 0. The third-order valence-corrected chi connectivity index (χ3v) is 2.97. The number of hydrogen-bond acceptors (Lipinski definition) is 4. The van der Waals surface area contributed by atoms with E-state index in [1.807, 2.05) is 30.3 Å². The Bertz CT molecular complexity index is 799. The zero-order valence-electron chi connectivity index (χ0n) is 10.6. The van der Waals surface area contributed by atoms with Crippen LogP contribution in [0.3, 0.4) is 0 Å². The first kappa shape index (κ1) is 12.1. The number of fused-ring (bicyclic) bond motifs is 1. The van der Waals surface area contributed by atoms with Crippen molar-refractivity contribution in [2.24, 2.45) is 10.2 Å². The zero-order chi connectivity index (χ0) is 13.9. The van der Waals surface area contributed by atoms with E-state index in [0.29, 0.717) is 16.9 Å². The number of nitrogens with zero attached hydrogens (tertiary/aromatic N) is 3. The second-order valence-corrected chi connectivity index (χ2v) is 4.29. The maximum Gasteiger partial charge on any atom is 0.189 e. The lowest BCUT2D eigenvalue weighted by Crippen LogP contribution is -2.19. The topological polar surface area (TPSA) is 73.7 Å². The van der Waals surface area contributed by atoms with E-state index in [0.717, 1.165) is 15.9 Å². The molecule has 0 bridgehead atoms. The molecule has 0 spiro atoms. The molecule has 3 rings (SSSR count). The Kier molecular flexibility index (Phi) is 3.01. The van der Waals surface area contributed by atoms with Crippen LogP contribution in [-0.2, 0) is 0 Å². The number of rotatable bonds is 1. The van der Waals surface area contributed by atoms with E-state index in [2.05, 4.69) is 10.2 Å². The van der Waals surface area contributed by atoms with Crippen LogP contribution in [0.4, 0.5) is 0 Å². The molecule has 0 saturated heterocycles. The number of hydrogen-bond donors (Lipinski definition) is 2. The van der Waals surface area contributed by atoms with Gasteiger partial charge >= 0.3 is 0 Å². The highest BCUT2D eigenvalue weighted by Crippen LogP contribution is 2.17. The molecule has 0 fully saturated rings. The molecule has 20 heavy (non-hydrogen) atoms. The molecule has 1 heterocycles. The minimum absolute atomic E-state index is 0.299.